The fraction of sp³-hybridized carbons (Fsp3) is 0. The molecule has 0 amide bonds. The summed E-state index contributed by atoms with van der Waals surface area (Å²) in [5, 5.41) is 0. The molecule has 0 fully saturated rings. The zero-order valence-electron chi connectivity index (χ0n) is 6.57. The Morgan fingerprint density at radius 1 is 1.15 bits per heavy atom. The SMILES string of the molecule is Nc1ncnc2c1[nH]c1nc[nH]c12. The number of nitrogens with two attached hydrogens (primary N) is 1. The van der Waals surface area contributed by atoms with Crippen molar-refractivity contribution in [2.45, 2.75) is 0 Å². The number of hydrogen-bond donors (Lipinski definition) is 3. The molecule has 0 saturated heterocycles. The molecule has 0 aliphatic rings. The topological polar surface area (TPSA) is 96.3 Å². The quantitative estimate of drug-likeness (QED) is 0.460. The molecule has 0 saturated carbocycles. The van der Waals surface area contributed by atoms with Gasteiger partial charge in [-0.05, 0) is 0 Å². The zero-order chi connectivity index (χ0) is 8.84. The number of aromatic amines is 2. The Bertz CT molecular complexity index is 577. The maximum absolute atomic E-state index is 5.66. The molecule has 0 aliphatic heterocycles. The number of nitrogens with zero attached hydrogens (tertiary/aromatic N) is 3. The van der Waals surface area contributed by atoms with Gasteiger partial charge >= 0.3 is 0 Å². The predicted molar refractivity (Wildman–Crippen MR) is 48.0 cm³/mol. The van der Waals surface area contributed by atoms with Gasteiger partial charge in [0.05, 0.1) is 6.33 Å². The third-order valence-corrected chi connectivity index (χ3v) is 2.00. The van der Waals surface area contributed by atoms with Crippen LogP contribution < -0.4 is 5.73 Å². The van der Waals surface area contributed by atoms with Gasteiger partial charge in [-0.3, -0.25) is 0 Å². The highest BCUT2D eigenvalue weighted by molar-refractivity contribution is 6.04. The van der Waals surface area contributed by atoms with Crippen LogP contribution in [0.3, 0.4) is 0 Å². The number of nitrogens with one attached hydrogen (secondary N) is 2. The minimum absolute atomic E-state index is 0.441. The molecule has 0 aliphatic carbocycles. The van der Waals surface area contributed by atoms with Gasteiger partial charge in [-0.1, -0.05) is 0 Å². The summed E-state index contributed by atoms with van der Waals surface area (Å²) < 4.78 is 0. The number of nitrogen functional groups attached to an aromatic ring is 1. The Morgan fingerprint density at radius 2 is 2.08 bits per heavy atom. The first-order valence-electron chi connectivity index (χ1n) is 3.77. The van der Waals surface area contributed by atoms with Crippen LogP contribution in [0.2, 0.25) is 0 Å². The van der Waals surface area contributed by atoms with Crippen LogP contribution in [0.4, 0.5) is 5.82 Å². The van der Waals surface area contributed by atoms with Crippen molar-refractivity contribution in [2.75, 3.05) is 5.73 Å². The van der Waals surface area contributed by atoms with Crippen LogP contribution in [0, 0.1) is 0 Å². The van der Waals surface area contributed by atoms with Crippen molar-refractivity contribution in [1.29, 1.82) is 0 Å². The van der Waals surface area contributed by atoms with E-state index in [1.54, 1.807) is 6.33 Å². The molecule has 0 unspecified atom stereocenters. The summed E-state index contributed by atoms with van der Waals surface area (Å²) in [6, 6.07) is 0. The van der Waals surface area contributed by atoms with E-state index in [0.29, 0.717) is 5.82 Å². The van der Waals surface area contributed by atoms with Crippen molar-refractivity contribution in [3.05, 3.63) is 12.7 Å². The molecule has 3 aromatic rings. The summed E-state index contributed by atoms with van der Waals surface area (Å²) in [4.78, 5) is 18.1. The summed E-state index contributed by atoms with van der Waals surface area (Å²) in [7, 11) is 0. The third-order valence-electron chi connectivity index (χ3n) is 2.00. The van der Waals surface area contributed by atoms with E-state index in [0.717, 1.165) is 22.2 Å². The van der Waals surface area contributed by atoms with Gasteiger partial charge in [0.15, 0.2) is 11.5 Å². The van der Waals surface area contributed by atoms with Crippen molar-refractivity contribution in [3.8, 4) is 0 Å². The fourth-order valence-corrected chi connectivity index (χ4v) is 1.40. The Morgan fingerprint density at radius 3 is 3.00 bits per heavy atom. The number of rotatable bonds is 0. The van der Waals surface area contributed by atoms with E-state index < -0.39 is 0 Å². The largest absolute Gasteiger partial charge is 0.382 e. The van der Waals surface area contributed by atoms with Gasteiger partial charge in [0.2, 0.25) is 0 Å². The van der Waals surface area contributed by atoms with Crippen LogP contribution in [0.25, 0.3) is 22.2 Å². The van der Waals surface area contributed by atoms with Crippen LogP contribution >= 0.6 is 0 Å². The molecule has 3 aromatic heterocycles. The molecule has 0 bridgehead atoms. The summed E-state index contributed by atoms with van der Waals surface area (Å²) in [6.07, 6.45) is 3.05. The number of H-pyrrole nitrogens is 2. The van der Waals surface area contributed by atoms with E-state index in [-0.39, 0.29) is 0 Å². The highest BCUT2D eigenvalue weighted by Crippen LogP contribution is 2.22. The smallest absolute Gasteiger partial charge is 0.158 e. The molecule has 6 heteroatoms. The standard InChI is InChI=1S/C7H6N6/c8-6-4-3(9-1-11-6)5-7(13-4)12-2-10-5/h1-2,13H,(H,10,12)(H2,8,9,11). The van der Waals surface area contributed by atoms with Crippen LogP contribution in [0.15, 0.2) is 12.7 Å². The highest BCUT2D eigenvalue weighted by atomic mass is 15.0. The number of hydrogen-bond acceptors (Lipinski definition) is 4. The number of fused-ring (bicyclic) bond motifs is 3. The lowest BCUT2D eigenvalue weighted by Gasteiger charge is -1.91. The van der Waals surface area contributed by atoms with Crippen molar-refractivity contribution in [1.82, 2.24) is 24.9 Å². The first-order valence-corrected chi connectivity index (χ1v) is 3.77. The van der Waals surface area contributed by atoms with E-state index in [9.17, 15) is 0 Å². The van der Waals surface area contributed by atoms with Gasteiger partial charge in [0.1, 0.15) is 22.9 Å². The molecule has 3 rings (SSSR count). The Labute approximate surface area is 72.2 Å². The summed E-state index contributed by atoms with van der Waals surface area (Å²) >= 11 is 0. The lowest BCUT2D eigenvalue weighted by Crippen LogP contribution is -1.91. The van der Waals surface area contributed by atoms with E-state index in [4.69, 9.17) is 5.73 Å². The van der Waals surface area contributed by atoms with Crippen molar-refractivity contribution < 1.29 is 0 Å². The second-order valence-corrected chi connectivity index (χ2v) is 2.73. The van der Waals surface area contributed by atoms with Crippen LogP contribution in [0.5, 0.6) is 0 Å². The Hall–Kier alpha value is -2.11. The number of aromatic nitrogens is 5. The van der Waals surface area contributed by atoms with Crippen molar-refractivity contribution in [2.24, 2.45) is 0 Å². The average Bonchev–Trinajstić information content (AvgIpc) is 2.65. The third kappa shape index (κ3) is 0.689. The first-order chi connectivity index (χ1) is 6.36. The first kappa shape index (κ1) is 6.41. The summed E-state index contributed by atoms with van der Waals surface area (Å²) in [5.74, 6) is 0.441. The van der Waals surface area contributed by atoms with Crippen LogP contribution in [0.1, 0.15) is 0 Å². The number of imidazole rings is 1. The molecule has 13 heavy (non-hydrogen) atoms. The molecular weight excluding hydrogens is 168 g/mol. The van der Waals surface area contributed by atoms with E-state index >= 15 is 0 Å². The number of anilines is 1. The molecule has 3 heterocycles. The molecule has 6 nitrogen and oxygen atoms in total. The van der Waals surface area contributed by atoms with Crippen molar-refractivity contribution >= 4 is 28.0 Å². The Balaban J connectivity index is 2.66. The van der Waals surface area contributed by atoms with Crippen LogP contribution in [-0.2, 0) is 0 Å². The van der Waals surface area contributed by atoms with Gasteiger partial charge in [-0.2, -0.15) is 0 Å². The second-order valence-electron chi connectivity index (χ2n) is 2.73. The maximum atomic E-state index is 5.66. The molecule has 0 radical (unpaired) electrons. The van der Waals surface area contributed by atoms with Gasteiger partial charge in [-0.25, -0.2) is 15.0 Å². The minimum Gasteiger partial charge on any atom is -0.382 e. The predicted octanol–water partition coefficient (Wildman–Crippen LogP) is 0.416. The Kier molecular flexibility index (Phi) is 0.974. The molecule has 0 atom stereocenters. The second kappa shape index (κ2) is 1.98. The summed E-state index contributed by atoms with van der Waals surface area (Å²) in [6.45, 7) is 0. The summed E-state index contributed by atoms with van der Waals surface area (Å²) in [5.41, 5.74) is 8.78. The molecule has 0 aromatic carbocycles. The van der Waals surface area contributed by atoms with E-state index in [2.05, 4.69) is 24.9 Å². The van der Waals surface area contributed by atoms with Gasteiger partial charge in [0, 0.05) is 0 Å². The molecular formula is C7H6N6. The normalized spacial score (nSPS) is 11.4. The van der Waals surface area contributed by atoms with E-state index in [1.165, 1.54) is 6.33 Å². The van der Waals surface area contributed by atoms with Crippen molar-refractivity contribution in [3.63, 3.8) is 0 Å². The van der Waals surface area contributed by atoms with Gasteiger partial charge in [-0.15, -0.1) is 0 Å². The average molecular weight is 174 g/mol. The van der Waals surface area contributed by atoms with Gasteiger partial charge in [0.25, 0.3) is 0 Å². The van der Waals surface area contributed by atoms with Crippen LogP contribution in [-0.4, -0.2) is 24.9 Å². The van der Waals surface area contributed by atoms with E-state index in [1.807, 2.05) is 0 Å². The van der Waals surface area contributed by atoms with Gasteiger partial charge < -0.3 is 15.7 Å². The molecule has 4 N–H and O–H groups in total. The zero-order valence-corrected chi connectivity index (χ0v) is 6.57. The molecule has 64 valence electrons. The minimum atomic E-state index is 0.441. The molecule has 0 spiro atoms. The monoisotopic (exact) mass is 174 g/mol. The highest BCUT2D eigenvalue weighted by Gasteiger charge is 2.09. The lowest BCUT2D eigenvalue weighted by molar-refractivity contribution is 1.22. The lowest BCUT2D eigenvalue weighted by atomic mass is 10.4. The maximum Gasteiger partial charge on any atom is 0.158 e. The fourth-order valence-electron chi connectivity index (χ4n) is 1.40.